The van der Waals surface area contributed by atoms with E-state index in [0.717, 1.165) is 10.4 Å². The summed E-state index contributed by atoms with van der Waals surface area (Å²) in [5, 5.41) is 10.6. The molecule has 0 aliphatic rings. The van der Waals surface area contributed by atoms with Crippen LogP contribution in [0.15, 0.2) is 54.2 Å². The van der Waals surface area contributed by atoms with Crippen molar-refractivity contribution >= 4 is 17.2 Å². The molecule has 0 aliphatic carbocycles. The molecule has 0 N–H and O–H groups in total. The highest BCUT2D eigenvalue weighted by Gasteiger charge is 2.26. The summed E-state index contributed by atoms with van der Waals surface area (Å²) in [6.45, 7) is 4.28. The lowest BCUT2D eigenvalue weighted by Gasteiger charge is -2.24. The van der Waals surface area contributed by atoms with Crippen LogP contribution in [0.5, 0.6) is 0 Å². The van der Waals surface area contributed by atoms with Gasteiger partial charge in [-0.15, -0.1) is 16.4 Å². The van der Waals surface area contributed by atoms with Gasteiger partial charge >= 0.3 is 0 Å². The van der Waals surface area contributed by atoms with Crippen LogP contribution >= 0.6 is 11.3 Å². The van der Waals surface area contributed by atoms with Crippen LogP contribution in [0.25, 0.3) is 16.4 Å². The largest absolute Gasteiger partial charge is 0.329 e. The molecular weight excluding hydrogens is 403 g/mol. The molecule has 0 saturated heterocycles. The van der Waals surface area contributed by atoms with Crippen molar-refractivity contribution < 1.29 is 9.18 Å². The number of aromatic nitrogens is 5. The first-order chi connectivity index (χ1) is 14.4. The molecule has 4 rings (SSSR count). The first kappa shape index (κ1) is 20.0. The summed E-state index contributed by atoms with van der Waals surface area (Å²) in [5.74, 6) is -0.0977. The van der Waals surface area contributed by atoms with E-state index in [9.17, 15) is 9.18 Å². The lowest BCUT2D eigenvalue weighted by molar-refractivity contribution is 0.0677. The van der Waals surface area contributed by atoms with Crippen LogP contribution in [0.1, 0.15) is 30.0 Å². The average Bonchev–Trinajstić information content (AvgIpc) is 3.45. The quantitative estimate of drug-likeness (QED) is 0.470. The van der Waals surface area contributed by atoms with Crippen molar-refractivity contribution in [3.05, 3.63) is 71.4 Å². The Kier molecular flexibility index (Phi) is 5.45. The molecule has 0 saturated carbocycles. The normalized spacial score (nSPS) is 11.2. The zero-order valence-corrected chi connectivity index (χ0v) is 17.7. The number of carbonyl (C=O) groups is 1. The van der Waals surface area contributed by atoms with Crippen molar-refractivity contribution in [2.75, 3.05) is 0 Å². The second-order valence-electron chi connectivity index (χ2n) is 7.18. The first-order valence-corrected chi connectivity index (χ1v) is 10.4. The number of aryl methyl sites for hydroxylation is 1. The first-order valence-electron chi connectivity index (χ1n) is 9.47. The number of hydrogen-bond acceptors (Lipinski definition) is 5. The minimum absolute atomic E-state index is 0.0657. The van der Waals surface area contributed by atoms with Gasteiger partial charge in [0.2, 0.25) is 5.82 Å². The molecule has 7 nitrogen and oxygen atoms in total. The van der Waals surface area contributed by atoms with Crippen LogP contribution in [0.2, 0.25) is 0 Å². The van der Waals surface area contributed by atoms with Crippen molar-refractivity contribution in [1.82, 2.24) is 29.4 Å². The van der Waals surface area contributed by atoms with Crippen LogP contribution in [-0.4, -0.2) is 41.4 Å². The van der Waals surface area contributed by atoms with E-state index < -0.39 is 0 Å². The van der Waals surface area contributed by atoms with Crippen molar-refractivity contribution in [2.24, 2.45) is 7.05 Å². The minimum atomic E-state index is -0.381. The van der Waals surface area contributed by atoms with Gasteiger partial charge in [0, 0.05) is 31.4 Å². The lowest BCUT2D eigenvalue weighted by atomic mass is 10.2. The maximum absolute atomic E-state index is 13.8. The zero-order chi connectivity index (χ0) is 21.3. The second-order valence-corrected chi connectivity index (χ2v) is 8.12. The van der Waals surface area contributed by atoms with Gasteiger partial charge in [-0.05, 0) is 43.5 Å². The van der Waals surface area contributed by atoms with E-state index in [-0.39, 0.29) is 23.6 Å². The van der Waals surface area contributed by atoms with Gasteiger partial charge in [-0.1, -0.05) is 12.1 Å². The van der Waals surface area contributed by atoms with E-state index in [1.54, 1.807) is 27.9 Å². The van der Waals surface area contributed by atoms with Gasteiger partial charge in [0.1, 0.15) is 5.82 Å². The maximum atomic E-state index is 13.8. The van der Waals surface area contributed by atoms with Crippen LogP contribution in [-0.2, 0) is 13.6 Å². The number of rotatable bonds is 6. The molecule has 30 heavy (non-hydrogen) atoms. The molecule has 154 valence electrons. The fraction of sp³-hybridized carbons (Fsp3) is 0.238. The highest BCUT2D eigenvalue weighted by atomic mass is 32.1. The monoisotopic (exact) mass is 424 g/mol. The highest BCUT2D eigenvalue weighted by Crippen LogP contribution is 2.26. The third-order valence-electron chi connectivity index (χ3n) is 4.59. The summed E-state index contributed by atoms with van der Waals surface area (Å²) in [5.41, 5.74) is 1.43. The van der Waals surface area contributed by atoms with Gasteiger partial charge in [-0.2, -0.15) is 5.10 Å². The second kappa shape index (κ2) is 8.19. The molecule has 0 aliphatic heterocycles. The summed E-state index contributed by atoms with van der Waals surface area (Å²) in [4.78, 5) is 20.4. The van der Waals surface area contributed by atoms with Gasteiger partial charge in [-0.25, -0.2) is 14.1 Å². The van der Waals surface area contributed by atoms with E-state index in [2.05, 4.69) is 15.2 Å². The fourth-order valence-corrected chi connectivity index (χ4v) is 3.82. The van der Waals surface area contributed by atoms with Gasteiger partial charge < -0.3 is 4.90 Å². The van der Waals surface area contributed by atoms with Crippen molar-refractivity contribution in [3.8, 4) is 16.4 Å². The van der Waals surface area contributed by atoms with Crippen molar-refractivity contribution in [2.45, 2.75) is 26.4 Å². The molecule has 4 aromatic rings. The van der Waals surface area contributed by atoms with Gasteiger partial charge in [0.25, 0.3) is 5.91 Å². The number of hydrogen-bond donors (Lipinski definition) is 0. The number of carbonyl (C=O) groups excluding carboxylic acids is 1. The van der Waals surface area contributed by atoms with Crippen LogP contribution in [0.3, 0.4) is 0 Å². The number of amides is 1. The Morgan fingerprint density at radius 1 is 1.27 bits per heavy atom. The number of thiophene rings is 1. The predicted molar refractivity (Wildman–Crippen MR) is 113 cm³/mol. The molecule has 9 heteroatoms. The highest BCUT2D eigenvalue weighted by molar-refractivity contribution is 7.13. The summed E-state index contributed by atoms with van der Waals surface area (Å²) < 4.78 is 17.0. The molecule has 0 atom stereocenters. The van der Waals surface area contributed by atoms with Crippen molar-refractivity contribution in [1.29, 1.82) is 0 Å². The van der Waals surface area contributed by atoms with Gasteiger partial charge in [0.15, 0.2) is 5.82 Å². The van der Waals surface area contributed by atoms with E-state index in [4.69, 9.17) is 0 Å². The standard InChI is InChI=1S/C21H21FN6OS/c1-14(2)27(13-15-11-23-26(3)12-15)21(29)19-24-20(18-8-5-9-30-18)28(25-19)17-7-4-6-16(22)10-17/h4-12,14H,13H2,1-3H3. The summed E-state index contributed by atoms with van der Waals surface area (Å²) >= 11 is 1.48. The maximum Gasteiger partial charge on any atom is 0.294 e. The third kappa shape index (κ3) is 4.02. The van der Waals surface area contributed by atoms with E-state index in [1.807, 2.05) is 44.6 Å². The van der Waals surface area contributed by atoms with Crippen LogP contribution in [0, 0.1) is 5.82 Å². The summed E-state index contributed by atoms with van der Waals surface area (Å²) in [6.07, 6.45) is 3.61. The average molecular weight is 425 g/mol. The van der Waals surface area contributed by atoms with E-state index in [1.165, 1.54) is 28.2 Å². The Hall–Kier alpha value is -3.33. The molecule has 0 fully saturated rings. The Morgan fingerprint density at radius 2 is 2.10 bits per heavy atom. The molecule has 0 bridgehead atoms. The molecule has 0 spiro atoms. The molecule has 1 amide bonds. The Balaban J connectivity index is 1.74. The van der Waals surface area contributed by atoms with Crippen LogP contribution in [0.4, 0.5) is 4.39 Å². The fourth-order valence-electron chi connectivity index (χ4n) is 3.12. The topological polar surface area (TPSA) is 68.8 Å². The molecular formula is C21H21FN6OS. The van der Waals surface area contributed by atoms with E-state index >= 15 is 0 Å². The zero-order valence-electron chi connectivity index (χ0n) is 16.9. The third-order valence-corrected chi connectivity index (χ3v) is 5.45. The Morgan fingerprint density at radius 3 is 2.73 bits per heavy atom. The predicted octanol–water partition coefficient (Wildman–Crippen LogP) is 3.92. The molecule has 1 aromatic carbocycles. The molecule has 3 heterocycles. The van der Waals surface area contributed by atoms with Crippen LogP contribution < -0.4 is 0 Å². The number of nitrogens with zero attached hydrogens (tertiary/aromatic N) is 6. The summed E-state index contributed by atoms with van der Waals surface area (Å²) in [7, 11) is 1.83. The smallest absolute Gasteiger partial charge is 0.294 e. The SMILES string of the molecule is CC(C)N(Cc1cnn(C)c1)C(=O)c1nc(-c2cccs2)n(-c2cccc(F)c2)n1. The molecule has 0 radical (unpaired) electrons. The summed E-state index contributed by atoms with van der Waals surface area (Å²) in [6, 6.07) is 9.81. The Bertz CT molecular complexity index is 1160. The van der Waals surface area contributed by atoms with Gasteiger partial charge in [-0.3, -0.25) is 9.48 Å². The minimum Gasteiger partial charge on any atom is -0.329 e. The lowest BCUT2D eigenvalue weighted by Crippen LogP contribution is -2.37. The van der Waals surface area contributed by atoms with E-state index in [0.29, 0.717) is 18.1 Å². The number of benzene rings is 1. The van der Waals surface area contributed by atoms with Crippen molar-refractivity contribution in [3.63, 3.8) is 0 Å². The molecule has 3 aromatic heterocycles. The van der Waals surface area contributed by atoms with Gasteiger partial charge in [0.05, 0.1) is 16.8 Å². The molecule has 0 unspecified atom stereocenters. The number of halogens is 1. The Labute approximate surface area is 177 Å².